The molecule has 0 amide bonds. The summed E-state index contributed by atoms with van der Waals surface area (Å²) in [5, 5.41) is 22.7. The lowest BCUT2D eigenvalue weighted by atomic mass is 9.86. The monoisotopic (exact) mass is 249 g/mol. The number of phenolic OH excluding ortho intramolecular Hbond substituents is 2. The lowest BCUT2D eigenvalue weighted by molar-refractivity contribution is 0.283. The molecule has 0 radical (unpaired) electrons. The smallest absolute Gasteiger partial charge is 0.124 e. The van der Waals surface area contributed by atoms with Crippen LogP contribution in [0.25, 0.3) is 0 Å². The normalized spacial score (nSPS) is 25.9. The molecule has 2 rings (SSSR count). The van der Waals surface area contributed by atoms with Crippen LogP contribution in [0.15, 0.2) is 18.2 Å². The Balaban J connectivity index is 2.00. The Hall–Kier alpha value is -1.22. The van der Waals surface area contributed by atoms with Crippen molar-refractivity contribution in [1.29, 1.82) is 0 Å². The molecule has 1 aliphatic carbocycles. The molecule has 1 aromatic rings. The summed E-state index contributed by atoms with van der Waals surface area (Å²) in [4.78, 5) is 0. The molecule has 0 saturated heterocycles. The second-order valence-electron chi connectivity index (χ2n) is 5.60. The lowest BCUT2D eigenvalue weighted by Crippen LogP contribution is -2.35. The minimum Gasteiger partial charge on any atom is -0.508 e. The van der Waals surface area contributed by atoms with E-state index in [4.69, 9.17) is 0 Å². The van der Waals surface area contributed by atoms with Crippen LogP contribution in [0.2, 0.25) is 0 Å². The van der Waals surface area contributed by atoms with Gasteiger partial charge >= 0.3 is 0 Å². The first-order valence-electron chi connectivity index (χ1n) is 6.84. The number of hydrogen-bond acceptors (Lipinski definition) is 3. The zero-order valence-corrected chi connectivity index (χ0v) is 11.2. The molecule has 0 heterocycles. The van der Waals surface area contributed by atoms with Gasteiger partial charge in [0, 0.05) is 23.7 Å². The standard InChI is InChI=1S/C15H23NO2/c1-10-4-3-5-12(8-10)16-11(2)14-7-6-13(17)9-15(14)18/h6-7,9-12,16-18H,3-5,8H2,1-2H3. The topological polar surface area (TPSA) is 52.5 Å². The summed E-state index contributed by atoms with van der Waals surface area (Å²) < 4.78 is 0. The Morgan fingerprint density at radius 3 is 2.72 bits per heavy atom. The van der Waals surface area contributed by atoms with E-state index in [1.165, 1.54) is 31.7 Å². The average Bonchev–Trinajstić information content (AvgIpc) is 2.28. The minimum absolute atomic E-state index is 0.106. The maximum absolute atomic E-state index is 9.84. The van der Waals surface area contributed by atoms with E-state index in [0.717, 1.165) is 11.5 Å². The fraction of sp³-hybridized carbons (Fsp3) is 0.600. The van der Waals surface area contributed by atoms with Gasteiger partial charge in [0.25, 0.3) is 0 Å². The third-order valence-corrected chi connectivity index (χ3v) is 3.90. The molecular formula is C15H23NO2. The molecule has 1 aliphatic rings. The highest BCUT2D eigenvalue weighted by molar-refractivity contribution is 5.40. The largest absolute Gasteiger partial charge is 0.508 e. The van der Waals surface area contributed by atoms with Crippen LogP contribution in [0.5, 0.6) is 11.5 Å². The van der Waals surface area contributed by atoms with Crippen LogP contribution in [0.4, 0.5) is 0 Å². The van der Waals surface area contributed by atoms with Crippen molar-refractivity contribution in [2.75, 3.05) is 0 Å². The van der Waals surface area contributed by atoms with E-state index in [1.54, 1.807) is 12.1 Å². The number of nitrogens with one attached hydrogen (secondary N) is 1. The second kappa shape index (κ2) is 5.61. The SMILES string of the molecule is CC1CCCC(NC(C)c2ccc(O)cc2O)C1. The van der Waals surface area contributed by atoms with Gasteiger partial charge in [-0.15, -0.1) is 0 Å². The van der Waals surface area contributed by atoms with Gasteiger partial charge < -0.3 is 15.5 Å². The van der Waals surface area contributed by atoms with E-state index < -0.39 is 0 Å². The van der Waals surface area contributed by atoms with E-state index in [-0.39, 0.29) is 17.5 Å². The molecule has 18 heavy (non-hydrogen) atoms. The third-order valence-electron chi connectivity index (χ3n) is 3.90. The summed E-state index contributed by atoms with van der Waals surface area (Å²) >= 11 is 0. The molecule has 0 aromatic heterocycles. The molecule has 0 aliphatic heterocycles. The summed E-state index contributed by atoms with van der Waals surface area (Å²) in [6.07, 6.45) is 5.04. The zero-order chi connectivity index (χ0) is 13.1. The number of rotatable bonds is 3. The van der Waals surface area contributed by atoms with Gasteiger partial charge in [0.05, 0.1) is 0 Å². The molecular weight excluding hydrogens is 226 g/mol. The fourth-order valence-corrected chi connectivity index (χ4v) is 2.93. The molecule has 3 nitrogen and oxygen atoms in total. The molecule has 3 heteroatoms. The van der Waals surface area contributed by atoms with Gasteiger partial charge in [-0.25, -0.2) is 0 Å². The van der Waals surface area contributed by atoms with Crippen molar-refractivity contribution in [3.05, 3.63) is 23.8 Å². The van der Waals surface area contributed by atoms with E-state index in [1.807, 2.05) is 0 Å². The average molecular weight is 249 g/mol. The van der Waals surface area contributed by atoms with Crippen LogP contribution in [0.3, 0.4) is 0 Å². The van der Waals surface area contributed by atoms with Gasteiger partial charge in [0.2, 0.25) is 0 Å². The first-order chi connectivity index (χ1) is 8.56. The van der Waals surface area contributed by atoms with Crippen LogP contribution >= 0.6 is 0 Å². The van der Waals surface area contributed by atoms with Crippen molar-refractivity contribution >= 4 is 0 Å². The van der Waals surface area contributed by atoms with Crippen molar-refractivity contribution in [1.82, 2.24) is 5.32 Å². The van der Waals surface area contributed by atoms with Crippen LogP contribution < -0.4 is 5.32 Å². The number of aromatic hydroxyl groups is 2. The third kappa shape index (κ3) is 3.16. The van der Waals surface area contributed by atoms with Gasteiger partial charge in [-0.3, -0.25) is 0 Å². The van der Waals surface area contributed by atoms with Gasteiger partial charge in [0.1, 0.15) is 11.5 Å². The number of phenols is 2. The molecule has 100 valence electrons. The van der Waals surface area contributed by atoms with Crippen LogP contribution in [-0.4, -0.2) is 16.3 Å². The van der Waals surface area contributed by atoms with Crippen molar-refractivity contribution in [2.45, 2.75) is 51.6 Å². The summed E-state index contributed by atoms with van der Waals surface area (Å²) in [6, 6.07) is 5.46. The molecule has 0 bridgehead atoms. The molecule has 1 fully saturated rings. The quantitative estimate of drug-likeness (QED) is 0.770. The molecule has 3 N–H and O–H groups in total. The Morgan fingerprint density at radius 2 is 2.06 bits per heavy atom. The van der Waals surface area contributed by atoms with Gasteiger partial charge in [-0.2, -0.15) is 0 Å². The molecule has 0 spiro atoms. The van der Waals surface area contributed by atoms with Crippen molar-refractivity contribution in [2.24, 2.45) is 5.92 Å². The Labute approximate surface area is 109 Å². The fourth-order valence-electron chi connectivity index (χ4n) is 2.93. The minimum atomic E-state index is 0.106. The number of benzene rings is 1. The van der Waals surface area contributed by atoms with Gasteiger partial charge in [0.15, 0.2) is 0 Å². The van der Waals surface area contributed by atoms with Crippen molar-refractivity contribution in [3.8, 4) is 11.5 Å². The summed E-state index contributed by atoms with van der Waals surface area (Å²) in [7, 11) is 0. The summed E-state index contributed by atoms with van der Waals surface area (Å²) in [5.41, 5.74) is 0.853. The second-order valence-corrected chi connectivity index (χ2v) is 5.60. The predicted molar refractivity (Wildman–Crippen MR) is 72.7 cm³/mol. The van der Waals surface area contributed by atoms with Crippen molar-refractivity contribution in [3.63, 3.8) is 0 Å². The summed E-state index contributed by atoms with van der Waals surface area (Å²) in [5.74, 6) is 1.06. The molecule has 3 unspecified atom stereocenters. The van der Waals surface area contributed by atoms with Crippen LogP contribution in [0.1, 0.15) is 51.1 Å². The maximum atomic E-state index is 9.84. The van der Waals surface area contributed by atoms with Crippen LogP contribution in [-0.2, 0) is 0 Å². The molecule has 1 aromatic carbocycles. The van der Waals surface area contributed by atoms with Gasteiger partial charge in [-0.1, -0.05) is 25.8 Å². The highest BCUT2D eigenvalue weighted by Gasteiger charge is 2.21. The first-order valence-corrected chi connectivity index (χ1v) is 6.84. The highest BCUT2D eigenvalue weighted by Crippen LogP contribution is 2.30. The van der Waals surface area contributed by atoms with Crippen LogP contribution in [0, 0.1) is 5.92 Å². The van der Waals surface area contributed by atoms with Crippen molar-refractivity contribution < 1.29 is 10.2 Å². The molecule has 1 saturated carbocycles. The van der Waals surface area contributed by atoms with E-state index >= 15 is 0 Å². The Bertz CT molecular complexity index is 405. The predicted octanol–water partition coefficient (Wildman–Crippen LogP) is 3.33. The lowest BCUT2D eigenvalue weighted by Gasteiger charge is -2.30. The maximum Gasteiger partial charge on any atom is 0.124 e. The van der Waals surface area contributed by atoms with E-state index in [0.29, 0.717) is 6.04 Å². The van der Waals surface area contributed by atoms with E-state index in [9.17, 15) is 10.2 Å². The van der Waals surface area contributed by atoms with E-state index in [2.05, 4.69) is 19.2 Å². The molecule has 3 atom stereocenters. The first kappa shape index (κ1) is 13.2. The highest BCUT2D eigenvalue weighted by atomic mass is 16.3. The number of hydrogen-bond donors (Lipinski definition) is 3. The Kier molecular flexibility index (Phi) is 4.12. The Morgan fingerprint density at radius 1 is 1.28 bits per heavy atom. The van der Waals surface area contributed by atoms with Gasteiger partial charge in [-0.05, 0) is 31.7 Å². The summed E-state index contributed by atoms with van der Waals surface area (Å²) in [6.45, 7) is 4.36. The zero-order valence-electron chi connectivity index (χ0n) is 11.2.